The standard InChI is InChI=1S/C19H19N3O4/c1-26-14-9-12(7-8-13(14)23)16-15-17(19(25)20-18(15)24)22(21-16)10-11-5-3-2-4-6-11/h2-9,15-17,21,23H,10H2,1H3,(H,20,24,25)/t15-,16-,17+/m1/s1. The van der Waals surface area contributed by atoms with Crippen molar-refractivity contribution in [2.45, 2.75) is 18.6 Å². The molecule has 134 valence electrons. The summed E-state index contributed by atoms with van der Waals surface area (Å²) in [5.41, 5.74) is 5.11. The zero-order chi connectivity index (χ0) is 18.3. The topological polar surface area (TPSA) is 90.9 Å². The first kappa shape index (κ1) is 16.6. The number of methoxy groups -OCH3 is 1. The van der Waals surface area contributed by atoms with Crippen molar-refractivity contribution in [3.63, 3.8) is 0 Å². The fraction of sp³-hybridized carbons (Fsp3) is 0.263. The molecule has 2 aliphatic heterocycles. The molecule has 4 rings (SSSR count). The highest BCUT2D eigenvalue weighted by Gasteiger charge is 2.54. The summed E-state index contributed by atoms with van der Waals surface area (Å²) in [4.78, 5) is 24.7. The van der Waals surface area contributed by atoms with Crippen LogP contribution >= 0.6 is 0 Å². The minimum atomic E-state index is -0.576. The average Bonchev–Trinajstić information content (AvgIpc) is 3.16. The first-order valence-corrected chi connectivity index (χ1v) is 8.37. The first-order valence-electron chi connectivity index (χ1n) is 8.37. The number of nitrogens with zero attached hydrogens (tertiary/aromatic N) is 1. The third-order valence-electron chi connectivity index (χ3n) is 4.92. The molecular weight excluding hydrogens is 334 g/mol. The number of benzene rings is 2. The summed E-state index contributed by atoms with van der Waals surface area (Å²) in [5.74, 6) is -0.775. The smallest absolute Gasteiger partial charge is 0.246 e. The molecule has 0 aromatic heterocycles. The van der Waals surface area contributed by atoms with Crippen LogP contribution in [-0.2, 0) is 16.1 Å². The fourth-order valence-corrected chi connectivity index (χ4v) is 3.69. The lowest BCUT2D eigenvalue weighted by atomic mass is 9.90. The van der Waals surface area contributed by atoms with E-state index in [0.717, 1.165) is 11.1 Å². The maximum Gasteiger partial charge on any atom is 0.246 e. The molecule has 2 aromatic carbocycles. The number of imide groups is 1. The van der Waals surface area contributed by atoms with Gasteiger partial charge in [-0.15, -0.1) is 0 Å². The number of ether oxygens (including phenoxy) is 1. The van der Waals surface area contributed by atoms with Gasteiger partial charge in [0, 0.05) is 6.54 Å². The van der Waals surface area contributed by atoms with Gasteiger partial charge in [0.2, 0.25) is 11.8 Å². The minimum Gasteiger partial charge on any atom is -0.504 e. The van der Waals surface area contributed by atoms with Gasteiger partial charge in [-0.3, -0.25) is 14.9 Å². The van der Waals surface area contributed by atoms with Gasteiger partial charge in [0.15, 0.2) is 11.5 Å². The summed E-state index contributed by atoms with van der Waals surface area (Å²) < 4.78 is 5.17. The number of carbonyl (C=O) groups excluding carboxylic acids is 2. The van der Waals surface area contributed by atoms with Gasteiger partial charge in [0.1, 0.15) is 6.04 Å². The third-order valence-corrected chi connectivity index (χ3v) is 4.92. The Labute approximate surface area is 150 Å². The summed E-state index contributed by atoms with van der Waals surface area (Å²) >= 11 is 0. The Kier molecular flexibility index (Phi) is 4.10. The Bertz CT molecular complexity index is 855. The lowest BCUT2D eigenvalue weighted by Gasteiger charge is -2.22. The molecule has 0 unspecified atom stereocenters. The van der Waals surface area contributed by atoms with E-state index in [1.165, 1.54) is 13.2 Å². The number of phenolic OH excluding ortho intramolecular Hbond substituents is 1. The molecular formula is C19H19N3O4. The Balaban J connectivity index is 1.67. The molecule has 7 nitrogen and oxygen atoms in total. The Morgan fingerprint density at radius 3 is 2.62 bits per heavy atom. The SMILES string of the molecule is COc1cc([C@H]2NN(Cc3ccccc3)[C@@H]3C(=O)NC(=O)[C@H]23)ccc1O. The van der Waals surface area contributed by atoms with Crippen LogP contribution in [-0.4, -0.2) is 35.1 Å². The largest absolute Gasteiger partial charge is 0.504 e. The van der Waals surface area contributed by atoms with Gasteiger partial charge in [0.25, 0.3) is 0 Å². The minimum absolute atomic E-state index is 0.0267. The molecule has 2 heterocycles. The van der Waals surface area contributed by atoms with Crippen molar-refractivity contribution in [1.29, 1.82) is 0 Å². The molecule has 0 saturated carbocycles. The highest BCUT2D eigenvalue weighted by molar-refractivity contribution is 6.07. The lowest BCUT2D eigenvalue weighted by Crippen LogP contribution is -2.43. The van der Waals surface area contributed by atoms with Crippen molar-refractivity contribution >= 4 is 11.8 Å². The van der Waals surface area contributed by atoms with Crippen LogP contribution < -0.4 is 15.5 Å². The number of hydrogen-bond acceptors (Lipinski definition) is 6. The van der Waals surface area contributed by atoms with Gasteiger partial charge in [-0.25, -0.2) is 10.4 Å². The molecule has 0 aliphatic carbocycles. The second kappa shape index (κ2) is 6.44. The molecule has 2 saturated heterocycles. The average molecular weight is 353 g/mol. The van der Waals surface area contributed by atoms with Gasteiger partial charge in [-0.1, -0.05) is 36.4 Å². The van der Waals surface area contributed by atoms with Gasteiger partial charge in [-0.05, 0) is 23.3 Å². The second-order valence-electron chi connectivity index (χ2n) is 6.48. The molecule has 3 N–H and O–H groups in total. The van der Waals surface area contributed by atoms with Crippen molar-refractivity contribution < 1.29 is 19.4 Å². The molecule has 0 radical (unpaired) electrons. The molecule has 0 bridgehead atoms. The summed E-state index contributed by atoms with van der Waals surface area (Å²) in [7, 11) is 1.47. The summed E-state index contributed by atoms with van der Waals surface area (Å²) in [6, 6.07) is 13.7. The number of aromatic hydroxyl groups is 1. The van der Waals surface area contributed by atoms with E-state index in [1.807, 2.05) is 35.3 Å². The van der Waals surface area contributed by atoms with E-state index in [9.17, 15) is 14.7 Å². The van der Waals surface area contributed by atoms with Crippen LogP contribution in [0, 0.1) is 5.92 Å². The molecule has 0 spiro atoms. The maximum atomic E-state index is 12.4. The predicted molar refractivity (Wildman–Crippen MR) is 92.9 cm³/mol. The number of hydrogen-bond donors (Lipinski definition) is 3. The van der Waals surface area contributed by atoms with E-state index in [-0.39, 0.29) is 23.6 Å². The van der Waals surface area contributed by atoms with E-state index in [4.69, 9.17) is 4.74 Å². The predicted octanol–water partition coefficient (Wildman–Crippen LogP) is 1.10. The highest BCUT2D eigenvalue weighted by Crippen LogP contribution is 2.39. The Morgan fingerprint density at radius 2 is 1.88 bits per heavy atom. The van der Waals surface area contributed by atoms with Crippen LogP contribution in [0.1, 0.15) is 17.2 Å². The Hall–Kier alpha value is -2.90. The molecule has 2 aromatic rings. The number of nitrogens with one attached hydrogen (secondary N) is 2. The lowest BCUT2D eigenvalue weighted by molar-refractivity contribution is -0.127. The molecule has 7 heteroatoms. The van der Waals surface area contributed by atoms with Gasteiger partial charge in [0.05, 0.1) is 19.1 Å². The van der Waals surface area contributed by atoms with Crippen molar-refractivity contribution in [2.24, 2.45) is 5.92 Å². The van der Waals surface area contributed by atoms with Crippen molar-refractivity contribution in [3.8, 4) is 11.5 Å². The Morgan fingerprint density at radius 1 is 1.12 bits per heavy atom. The van der Waals surface area contributed by atoms with E-state index < -0.39 is 12.0 Å². The molecule has 2 aliphatic rings. The van der Waals surface area contributed by atoms with E-state index >= 15 is 0 Å². The number of carbonyl (C=O) groups is 2. The van der Waals surface area contributed by atoms with Gasteiger partial charge < -0.3 is 9.84 Å². The number of phenols is 1. The number of fused-ring (bicyclic) bond motifs is 1. The van der Waals surface area contributed by atoms with Gasteiger partial charge in [-0.2, -0.15) is 0 Å². The zero-order valence-electron chi connectivity index (χ0n) is 14.2. The van der Waals surface area contributed by atoms with E-state index in [0.29, 0.717) is 12.3 Å². The number of amides is 2. The van der Waals surface area contributed by atoms with Crippen LogP contribution in [0.5, 0.6) is 11.5 Å². The third kappa shape index (κ3) is 2.71. The first-order chi connectivity index (χ1) is 12.6. The molecule has 26 heavy (non-hydrogen) atoms. The second-order valence-corrected chi connectivity index (χ2v) is 6.48. The van der Waals surface area contributed by atoms with Crippen LogP contribution in [0.2, 0.25) is 0 Å². The van der Waals surface area contributed by atoms with Crippen molar-refractivity contribution in [2.75, 3.05) is 7.11 Å². The maximum absolute atomic E-state index is 12.4. The summed E-state index contributed by atoms with van der Waals surface area (Å²) in [6.45, 7) is 0.494. The monoisotopic (exact) mass is 353 g/mol. The van der Waals surface area contributed by atoms with E-state index in [2.05, 4.69) is 10.7 Å². The number of hydrazine groups is 1. The van der Waals surface area contributed by atoms with Crippen molar-refractivity contribution in [1.82, 2.24) is 15.8 Å². The van der Waals surface area contributed by atoms with E-state index in [1.54, 1.807) is 12.1 Å². The zero-order valence-corrected chi connectivity index (χ0v) is 14.2. The van der Waals surface area contributed by atoms with Gasteiger partial charge >= 0.3 is 0 Å². The summed E-state index contributed by atoms with van der Waals surface area (Å²) in [6.07, 6.45) is 0. The van der Waals surface area contributed by atoms with Crippen molar-refractivity contribution in [3.05, 3.63) is 59.7 Å². The normalized spacial score (nSPS) is 25.2. The van der Waals surface area contributed by atoms with Crippen LogP contribution in [0.3, 0.4) is 0 Å². The quantitative estimate of drug-likeness (QED) is 0.713. The number of rotatable bonds is 4. The van der Waals surface area contributed by atoms with Crippen LogP contribution in [0.25, 0.3) is 0 Å². The molecule has 2 amide bonds. The molecule has 2 fully saturated rings. The summed E-state index contributed by atoms with van der Waals surface area (Å²) in [5, 5.41) is 14.1. The molecule has 3 atom stereocenters. The highest BCUT2D eigenvalue weighted by atomic mass is 16.5. The van der Waals surface area contributed by atoms with Crippen LogP contribution in [0.4, 0.5) is 0 Å². The van der Waals surface area contributed by atoms with Crippen LogP contribution in [0.15, 0.2) is 48.5 Å². The fourth-order valence-electron chi connectivity index (χ4n) is 3.69.